The zero-order chi connectivity index (χ0) is 8.27. The lowest BCUT2D eigenvalue weighted by Crippen LogP contribution is -2.04. The fourth-order valence-electron chi connectivity index (χ4n) is 0.889. The lowest BCUT2D eigenvalue weighted by molar-refractivity contribution is 0.0705. The Kier molecular flexibility index (Phi) is 2.59. The minimum absolute atomic E-state index is 0.625. The van der Waals surface area contributed by atoms with Crippen molar-refractivity contribution in [2.45, 2.75) is 13.1 Å². The van der Waals surface area contributed by atoms with Crippen molar-refractivity contribution in [3.05, 3.63) is 24.0 Å². The second kappa shape index (κ2) is 3.48. The van der Waals surface area contributed by atoms with E-state index >= 15 is 0 Å². The first-order valence-electron chi connectivity index (χ1n) is 3.33. The quantitative estimate of drug-likeness (QED) is 0.710. The van der Waals surface area contributed by atoms with Crippen LogP contribution < -0.4 is 5.32 Å². The molecule has 62 valence electrons. The van der Waals surface area contributed by atoms with Crippen molar-refractivity contribution < 1.29 is 8.78 Å². The zero-order valence-corrected chi connectivity index (χ0v) is 6.22. The summed E-state index contributed by atoms with van der Waals surface area (Å²) in [5, 5.41) is 2.88. The number of hydrogen-bond donors (Lipinski definition) is 1. The predicted octanol–water partition coefficient (Wildman–Crippen LogP) is 1.60. The standard InChI is InChI=1S/C7H10F2N2/c1-10-4-6-2-3-11(5-6)7(8)9/h2-3,5,7,10H,4H2,1H3. The van der Waals surface area contributed by atoms with Gasteiger partial charge in [0.05, 0.1) is 0 Å². The minimum Gasteiger partial charge on any atom is -0.316 e. The van der Waals surface area contributed by atoms with Crippen LogP contribution in [0.3, 0.4) is 0 Å². The van der Waals surface area contributed by atoms with Crippen molar-refractivity contribution in [3.8, 4) is 0 Å². The van der Waals surface area contributed by atoms with E-state index in [1.165, 1.54) is 12.4 Å². The first-order valence-corrected chi connectivity index (χ1v) is 3.33. The van der Waals surface area contributed by atoms with Gasteiger partial charge in [0.25, 0.3) is 0 Å². The molecule has 1 heterocycles. The topological polar surface area (TPSA) is 17.0 Å². The van der Waals surface area contributed by atoms with Crippen LogP contribution in [-0.4, -0.2) is 11.6 Å². The average molecular weight is 160 g/mol. The zero-order valence-electron chi connectivity index (χ0n) is 6.22. The van der Waals surface area contributed by atoms with Crippen molar-refractivity contribution in [2.24, 2.45) is 0 Å². The lowest BCUT2D eigenvalue weighted by atomic mass is 10.3. The molecule has 0 aliphatic carbocycles. The summed E-state index contributed by atoms with van der Waals surface area (Å²) < 4.78 is 24.8. The second-order valence-electron chi connectivity index (χ2n) is 2.27. The molecule has 0 radical (unpaired) electrons. The van der Waals surface area contributed by atoms with E-state index in [0.29, 0.717) is 6.54 Å². The van der Waals surface area contributed by atoms with Crippen LogP contribution in [0.2, 0.25) is 0 Å². The van der Waals surface area contributed by atoms with Crippen LogP contribution in [0.5, 0.6) is 0 Å². The van der Waals surface area contributed by atoms with Gasteiger partial charge in [0, 0.05) is 18.9 Å². The fraction of sp³-hybridized carbons (Fsp3) is 0.429. The van der Waals surface area contributed by atoms with Gasteiger partial charge in [-0.1, -0.05) is 0 Å². The Morgan fingerprint density at radius 2 is 2.36 bits per heavy atom. The highest BCUT2D eigenvalue weighted by molar-refractivity contribution is 5.09. The third-order valence-electron chi connectivity index (χ3n) is 1.38. The third-order valence-corrected chi connectivity index (χ3v) is 1.38. The molecule has 1 rings (SSSR count). The number of halogens is 2. The molecule has 0 aliphatic heterocycles. The summed E-state index contributed by atoms with van der Waals surface area (Å²) in [7, 11) is 1.78. The summed E-state index contributed by atoms with van der Waals surface area (Å²) in [5.74, 6) is 0. The molecule has 1 aromatic heterocycles. The van der Waals surface area contributed by atoms with Gasteiger partial charge in [-0.05, 0) is 18.7 Å². The second-order valence-corrected chi connectivity index (χ2v) is 2.27. The largest absolute Gasteiger partial charge is 0.318 e. The summed E-state index contributed by atoms with van der Waals surface area (Å²) in [4.78, 5) is 0. The molecule has 0 amide bonds. The maximum atomic E-state index is 12.0. The van der Waals surface area contributed by atoms with Crippen LogP contribution in [-0.2, 0) is 6.54 Å². The predicted molar refractivity (Wildman–Crippen MR) is 38.4 cm³/mol. The van der Waals surface area contributed by atoms with Crippen molar-refractivity contribution in [1.82, 2.24) is 9.88 Å². The van der Waals surface area contributed by atoms with Gasteiger partial charge in [0.1, 0.15) is 0 Å². The van der Waals surface area contributed by atoms with E-state index in [1.807, 2.05) is 0 Å². The molecule has 0 spiro atoms. The molecule has 0 saturated heterocycles. The Morgan fingerprint density at radius 1 is 1.64 bits per heavy atom. The maximum absolute atomic E-state index is 12.0. The molecule has 1 N–H and O–H groups in total. The van der Waals surface area contributed by atoms with Gasteiger partial charge < -0.3 is 5.32 Å². The molecule has 0 aliphatic rings. The minimum atomic E-state index is -2.43. The highest BCUT2D eigenvalue weighted by Gasteiger charge is 2.03. The molecule has 0 aromatic carbocycles. The lowest BCUT2D eigenvalue weighted by Gasteiger charge is -1.97. The first kappa shape index (κ1) is 8.20. The van der Waals surface area contributed by atoms with Gasteiger partial charge in [-0.25, -0.2) is 0 Å². The summed E-state index contributed by atoms with van der Waals surface area (Å²) in [6.07, 6.45) is 2.80. The Balaban J connectivity index is 2.66. The van der Waals surface area contributed by atoms with Crippen LogP contribution in [0, 0.1) is 0 Å². The Hall–Kier alpha value is -0.900. The smallest absolute Gasteiger partial charge is 0.316 e. The van der Waals surface area contributed by atoms with Crippen LogP contribution in [0.4, 0.5) is 8.78 Å². The van der Waals surface area contributed by atoms with E-state index in [0.717, 1.165) is 10.1 Å². The highest BCUT2D eigenvalue weighted by atomic mass is 19.3. The van der Waals surface area contributed by atoms with Gasteiger partial charge in [-0.15, -0.1) is 0 Å². The maximum Gasteiger partial charge on any atom is 0.318 e. The molecular weight excluding hydrogens is 150 g/mol. The van der Waals surface area contributed by atoms with Crippen LogP contribution >= 0.6 is 0 Å². The van der Waals surface area contributed by atoms with E-state index in [-0.39, 0.29) is 0 Å². The number of hydrogen-bond acceptors (Lipinski definition) is 1. The van der Waals surface area contributed by atoms with Gasteiger partial charge >= 0.3 is 6.55 Å². The average Bonchev–Trinajstić information content (AvgIpc) is 2.37. The Labute approximate surface area is 63.8 Å². The number of rotatable bonds is 3. The number of nitrogens with zero attached hydrogens (tertiary/aromatic N) is 1. The van der Waals surface area contributed by atoms with E-state index in [4.69, 9.17) is 0 Å². The van der Waals surface area contributed by atoms with Crippen LogP contribution in [0.25, 0.3) is 0 Å². The molecule has 2 nitrogen and oxygen atoms in total. The third kappa shape index (κ3) is 2.01. The summed E-state index contributed by atoms with van der Waals surface area (Å²) in [6.45, 7) is -1.81. The van der Waals surface area contributed by atoms with E-state index in [9.17, 15) is 8.78 Å². The summed E-state index contributed by atoms with van der Waals surface area (Å²) >= 11 is 0. The highest BCUT2D eigenvalue weighted by Crippen LogP contribution is 2.11. The van der Waals surface area contributed by atoms with Crippen molar-refractivity contribution in [2.75, 3.05) is 7.05 Å². The van der Waals surface area contributed by atoms with Crippen LogP contribution in [0.15, 0.2) is 18.5 Å². The normalized spacial score (nSPS) is 10.9. The SMILES string of the molecule is CNCc1ccn(C(F)F)c1. The summed E-state index contributed by atoms with van der Waals surface area (Å²) in [6, 6.07) is 1.67. The number of aromatic nitrogens is 1. The summed E-state index contributed by atoms with van der Waals surface area (Å²) in [5.41, 5.74) is 0.868. The van der Waals surface area contributed by atoms with Crippen molar-refractivity contribution >= 4 is 0 Å². The molecule has 0 fully saturated rings. The number of nitrogens with one attached hydrogen (secondary N) is 1. The van der Waals surface area contributed by atoms with Crippen molar-refractivity contribution in [1.29, 1.82) is 0 Å². The molecule has 1 aromatic rings. The Bertz CT molecular complexity index is 220. The van der Waals surface area contributed by atoms with Gasteiger partial charge in [0.2, 0.25) is 0 Å². The first-order chi connectivity index (χ1) is 5.24. The molecule has 0 bridgehead atoms. The number of alkyl halides is 2. The van der Waals surface area contributed by atoms with Crippen LogP contribution in [0.1, 0.15) is 12.1 Å². The van der Waals surface area contributed by atoms with Crippen molar-refractivity contribution in [3.63, 3.8) is 0 Å². The van der Waals surface area contributed by atoms with E-state index in [2.05, 4.69) is 5.32 Å². The molecule has 0 unspecified atom stereocenters. The fourth-order valence-corrected chi connectivity index (χ4v) is 0.889. The van der Waals surface area contributed by atoms with E-state index in [1.54, 1.807) is 13.1 Å². The molecule has 4 heteroatoms. The van der Waals surface area contributed by atoms with E-state index < -0.39 is 6.55 Å². The Morgan fingerprint density at radius 3 is 2.82 bits per heavy atom. The van der Waals surface area contributed by atoms with Gasteiger partial charge in [0.15, 0.2) is 0 Å². The molecular formula is C7H10F2N2. The molecule has 0 saturated carbocycles. The van der Waals surface area contributed by atoms with Gasteiger partial charge in [-0.2, -0.15) is 8.78 Å². The molecule has 11 heavy (non-hydrogen) atoms. The monoisotopic (exact) mass is 160 g/mol. The molecule has 0 atom stereocenters. The van der Waals surface area contributed by atoms with Gasteiger partial charge in [-0.3, -0.25) is 4.57 Å².